The van der Waals surface area contributed by atoms with E-state index in [2.05, 4.69) is 9.88 Å². The van der Waals surface area contributed by atoms with Crippen molar-refractivity contribution >= 4 is 11.6 Å². The maximum absolute atomic E-state index is 13.0. The van der Waals surface area contributed by atoms with E-state index in [1.54, 1.807) is 13.2 Å². The summed E-state index contributed by atoms with van der Waals surface area (Å²) in [6.07, 6.45) is -3.75. The predicted molar refractivity (Wildman–Crippen MR) is 115 cm³/mol. The summed E-state index contributed by atoms with van der Waals surface area (Å²) in [4.78, 5) is 6.13. The van der Waals surface area contributed by atoms with Gasteiger partial charge in [0, 0.05) is 37.5 Å². The van der Waals surface area contributed by atoms with Gasteiger partial charge in [0.1, 0.15) is 24.7 Å². The highest BCUT2D eigenvalue weighted by molar-refractivity contribution is 6.33. The molecule has 1 aliphatic heterocycles. The average Bonchev–Trinajstić information content (AvgIpc) is 3.10. The van der Waals surface area contributed by atoms with Gasteiger partial charge in [-0.3, -0.25) is 9.88 Å². The third-order valence-corrected chi connectivity index (χ3v) is 5.51. The van der Waals surface area contributed by atoms with Crippen LogP contribution in [0.1, 0.15) is 22.6 Å². The second-order valence-corrected chi connectivity index (χ2v) is 7.99. The van der Waals surface area contributed by atoms with E-state index >= 15 is 0 Å². The summed E-state index contributed by atoms with van der Waals surface area (Å²) in [6, 6.07) is 8.14. The molecule has 33 heavy (non-hydrogen) atoms. The maximum atomic E-state index is 13.0. The zero-order valence-electron chi connectivity index (χ0n) is 18.0. The van der Waals surface area contributed by atoms with Crippen LogP contribution >= 0.6 is 11.6 Å². The molecule has 1 aliphatic rings. The second kappa shape index (κ2) is 9.62. The fraction of sp³-hybridized carbons (Fsp3) is 0.348. The molecule has 0 saturated carbocycles. The first-order chi connectivity index (χ1) is 15.8. The van der Waals surface area contributed by atoms with Gasteiger partial charge in [-0.25, -0.2) is 0 Å². The molecule has 0 bridgehead atoms. The number of nitrogens with zero attached hydrogens (tertiary/aromatic N) is 2. The number of fused-ring (bicyclic) bond motifs is 1. The summed E-state index contributed by atoms with van der Waals surface area (Å²) in [6.45, 7) is 2.55. The Labute approximate surface area is 193 Å². The first kappa shape index (κ1) is 23.4. The van der Waals surface area contributed by atoms with E-state index in [4.69, 9.17) is 30.2 Å². The van der Waals surface area contributed by atoms with Crippen molar-refractivity contribution in [3.8, 4) is 22.8 Å². The quantitative estimate of drug-likeness (QED) is 0.458. The van der Waals surface area contributed by atoms with Crippen LogP contribution in [-0.4, -0.2) is 37.3 Å². The van der Waals surface area contributed by atoms with Crippen molar-refractivity contribution in [1.82, 2.24) is 9.88 Å². The largest absolute Gasteiger partial charge is 0.493 e. The van der Waals surface area contributed by atoms with Crippen LogP contribution in [0.4, 0.5) is 13.2 Å². The molecule has 4 rings (SSSR count). The zero-order valence-corrected chi connectivity index (χ0v) is 18.8. The highest BCUT2D eigenvalue weighted by Gasteiger charge is 2.32. The zero-order chi connectivity index (χ0) is 23.6. The Balaban J connectivity index is 1.64. The summed E-state index contributed by atoms with van der Waals surface area (Å²) in [5, 5.41) is -0.0977. The standard InChI is InChI=1S/C23H22ClF3N2O4/c1-30-13-18-4-3-17(33-18)12-29-5-6-32-22-15(11-29)7-14(8-20(22)31-2)21-19(24)9-16(10-28-21)23(25,26)27/h3-4,7-10H,5-6,11-13H2,1-2H3. The van der Waals surface area contributed by atoms with E-state index < -0.39 is 11.7 Å². The number of furan rings is 1. The summed E-state index contributed by atoms with van der Waals surface area (Å²) in [5.74, 6) is 2.58. The van der Waals surface area contributed by atoms with Crippen molar-refractivity contribution in [3.05, 3.63) is 64.2 Å². The van der Waals surface area contributed by atoms with Gasteiger partial charge in [-0.2, -0.15) is 13.2 Å². The lowest BCUT2D eigenvalue weighted by Gasteiger charge is -2.19. The Morgan fingerprint density at radius 2 is 1.94 bits per heavy atom. The number of rotatable bonds is 6. The van der Waals surface area contributed by atoms with Crippen LogP contribution in [0, 0.1) is 0 Å². The molecule has 0 amide bonds. The van der Waals surface area contributed by atoms with Crippen molar-refractivity contribution < 1.29 is 31.8 Å². The molecule has 0 fully saturated rings. The van der Waals surface area contributed by atoms with Gasteiger partial charge >= 0.3 is 6.18 Å². The molecule has 6 nitrogen and oxygen atoms in total. The fourth-order valence-electron chi connectivity index (χ4n) is 3.71. The number of hydrogen-bond acceptors (Lipinski definition) is 6. The minimum absolute atomic E-state index is 0.0977. The van der Waals surface area contributed by atoms with E-state index in [1.807, 2.05) is 18.2 Å². The predicted octanol–water partition coefficient (Wildman–Crippen LogP) is 5.56. The Bertz CT molecular complexity index is 1130. The Hall–Kier alpha value is -2.75. The summed E-state index contributed by atoms with van der Waals surface area (Å²) in [5.41, 5.74) is 0.675. The molecule has 10 heteroatoms. The van der Waals surface area contributed by atoms with E-state index in [1.165, 1.54) is 7.11 Å². The molecule has 0 aliphatic carbocycles. The van der Waals surface area contributed by atoms with Crippen LogP contribution in [-0.2, 0) is 30.6 Å². The Kier molecular flexibility index (Phi) is 6.83. The second-order valence-electron chi connectivity index (χ2n) is 7.58. The van der Waals surface area contributed by atoms with Gasteiger partial charge < -0.3 is 18.6 Å². The van der Waals surface area contributed by atoms with Crippen LogP contribution in [0.25, 0.3) is 11.3 Å². The lowest BCUT2D eigenvalue weighted by Crippen LogP contribution is -2.25. The average molecular weight is 483 g/mol. The Morgan fingerprint density at radius 3 is 2.64 bits per heavy atom. The summed E-state index contributed by atoms with van der Waals surface area (Å²) >= 11 is 6.18. The molecule has 0 saturated heterocycles. The smallest absolute Gasteiger partial charge is 0.417 e. The SMILES string of the molecule is COCc1ccc(CN2CCOc3c(cc(-c4ncc(C(F)(F)F)cc4Cl)cc3OC)C2)o1. The lowest BCUT2D eigenvalue weighted by molar-refractivity contribution is -0.137. The fourth-order valence-corrected chi connectivity index (χ4v) is 3.99. The van der Waals surface area contributed by atoms with Crippen LogP contribution in [0.3, 0.4) is 0 Å². The van der Waals surface area contributed by atoms with Gasteiger partial charge in [-0.05, 0) is 30.3 Å². The molecule has 0 unspecified atom stereocenters. The minimum Gasteiger partial charge on any atom is -0.493 e. The van der Waals surface area contributed by atoms with Gasteiger partial charge in [0.15, 0.2) is 11.5 Å². The van der Waals surface area contributed by atoms with Crippen LogP contribution in [0.5, 0.6) is 11.5 Å². The number of benzene rings is 1. The van der Waals surface area contributed by atoms with Gasteiger partial charge in [0.05, 0.1) is 29.9 Å². The summed E-state index contributed by atoms with van der Waals surface area (Å²) < 4.78 is 61.3. The van der Waals surface area contributed by atoms with E-state index in [-0.39, 0.29) is 10.7 Å². The molecule has 1 aromatic carbocycles. The highest BCUT2D eigenvalue weighted by Crippen LogP contribution is 2.40. The van der Waals surface area contributed by atoms with E-state index in [9.17, 15) is 13.2 Å². The Morgan fingerprint density at radius 1 is 1.15 bits per heavy atom. The topological polar surface area (TPSA) is 57.0 Å². The van der Waals surface area contributed by atoms with Gasteiger partial charge in [-0.15, -0.1) is 0 Å². The molecule has 0 radical (unpaired) electrons. The number of methoxy groups -OCH3 is 2. The number of hydrogen-bond donors (Lipinski definition) is 0. The maximum Gasteiger partial charge on any atom is 0.417 e. The van der Waals surface area contributed by atoms with Gasteiger partial charge in [-0.1, -0.05) is 11.6 Å². The van der Waals surface area contributed by atoms with E-state index in [0.29, 0.717) is 49.9 Å². The molecular formula is C23H22ClF3N2O4. The molecule has 2 aromatic heterocycles. The van der Waals surface area contributed by atoms with Crippen molar-refractivity contribution in [2.24, 2.45) is 0 Å². The first-order valence-electron chi connectivity index (χ1n) is 10.1. The van der Waals surface area contributed by atoms with Gasteiger partial charge in [0.25, 0.3) is 0 Å². The number of pyridine rings is 1. The number of halogens is 4. The minimum atomic E-state index is -4.52. The molecule has 3 aromatic rings. The number of alkyl halides is 3. The van der Waals surface area contributed by atoms with Crippen LogP contribution in [0.15, 0.2) is 40.9 Å². The van der Waals surface area contributed by atoms with Crippen molar-refractivity contribution in [1.29, 1.82) is 0 Å². The molecule has 0 N–H and O–H groups in total. The number of ether oxygens (including phenoxy) is 3. The molecule has 176 valence electrons. The molecule has 0 spiro atoms. The molecule has 3 heterocycles. The van der Waals surface area contributed by atoms with Crippen molar-refractivity contribution in [2.45, 2.75) is 25.9 Å². The summed E-state index contributed by atoms with van der Waals surface area (Å²) in [7, 11) is 3.11. The van der Waals surface area contributed by atoms with Crippen LogP contribution < -0.4 is 9.47 Å². The van der Waals surface area contributed by atoms with Crippen LogP contribution in [0.2, 0.25) is 5.02 Å². The lowest BCUT2D eigenvalue weighted by atomic mass is 10.0. The number of aromatic nitrogens is 1. The first-order valence-corrected chi connectivity index (χ1v) is 10.5. The van der Waals surface area contributed by atoms with Crippen molar-refractivity contribution in [2.75, 3.05) is 27.4 Å². The third-order valence-electron chi connectivity index (χ3n) is 5.22. The molecule has 0 atom stereocenters. The monoisotopic (exact) mass is 482 g/mol. The van der Waals surface area contributed by atoms with Crippen molar-refractivity contribution in [3.63, 3.8) is 0 Å². The van der Waals surface area contributed by atoms with E-state index in [0.717, 1.165) is 29.3 Å². The molecular weight excluding hydrogens is 461 g/mol. The normalized spacial score (nSPS) is 14.5. The highest BCUT2D eigenvalue weighted by atomic mass is 35.5. The third kappa shape index (κ3) is 5.26. The van der Waals surface area contributed by atoms with Gasteiger partial charge in [0.2, 0.25) is 0 Å².